The summed E-state index contributed by atoms with van der Waals surface area (Å²) in [6.07, 6.45) is -0.164. The van der Waals surface area contributed by atoms with Gasteiger partial charge >= 0.3 is 6.09 Å². The predicted molar refractivity (Wildman–Crippen MR) is 81.1 cm³/mol. The lowest BCUT2D eigenvalue weighted by atomic mass is 10.00. The smallest absolute Gasteiger partial charge is 0.410 e. The van der Waals surface area contributed by atoms with Crippen molar-refractivity contribution in [1.29, 1.82) is 0 Å². The summed E-state index contributed by atoms with van der Waals surface area (Å²) in [7, 11) is 0. The van der Waals surface area contributed by atoms with E-state index >= 15 is 0 Å². The zero-order chi connectivity index (χ0) is 16.3. The van der Waals surface area contributed by atoms with Crippen LogP contribution in [0.25, 0.3) is 0 Å². The van der Waals surface area contributed by atoms with E-state index in [0.717, 1.165) is 0 Å². The lowest BCUT2D eigenvalue weighted by molar-refractivity contribution is -0.119. The van der Waals surface area contributed by atoms with Gasteiger partial charge in [-0.1, -0.05) is 0 Å². The number of amidine groups is 1. The number of aliphatic imine (C=N–C) groups is 1. The van der Waals surface area contributed by atoms with Gasteiger partial charge in [-0.3, -0.25) is 14.7 Å². The second-order valence-corrected chi connectivity index (χ2v) is 6.88. The summed E-state index contributed by atoms with van der Waals surface area (Å²) in [5.74, 6) is 0.284. The van der Waals surface area contributed by atoms with E-state index in [1.165, 1.54) is 0 Å². The Labute approximate surface area is 125 Å². The number of nitrogens with zero attached hydrogens (tertiary/aromatic N) is 2. The number of hydrogen-bond donors (Lipinski definition) is 2. The number of rotatable bonds is 3. The van der Waals surface area contributed by atoms with Gasteiger partial charge in [-0.15, -0.1) is 0 Å². The molecule has 1 rings (SSSR count). The van der Waals surface area contributed by atoms with Crippen LogP contribution in [0.2, 0.25) is 0 Å². The van der Waals surface area contributed by atoms with Crippen LogP contribution in [-0.4, -0.2) is 53.5 Å². The largest absolute Gasteiger partial charge is 0.444 e. The molecule has 1 aliphatic heterocycles. The summed E-state index contributed by atoms with van der Waals surface area (Å²) in [6.45, 7) is 10.6. The molecule has 0 bridgehead atoms. The van der Waals surface area contributed by atoms with Crippen LogP contribution in [0, 0.1) is 0 Å². The Bertz CT molecular complexity index is 438. The normalized spacial score (nSPS) is 16.2. The number of hydrogen-bond acceptors (Lipinski definition) is 5. The maximum Gasteiger partial charge on any atom is 0.410 e. The molecule has 0 aromatic carbocycles. The lowest BCUT2D eigenvalue weighted by Gasteiger charge is -2.33. The molecule has 0 aromatic rings. The average molecular weight is 298 g/mol. The van der Waals surface area contributed by atoms with Crippen molar-refractivity contribution in [3.05, 3.63) is 0 Å². The third-order valence-electron chi connectivity index (χ3n) is 2.76. The van der Waals surface area contributed by atoms with E-state index in [2.05, 4.69) is 10.3 Å². The van der Waals surface area contributed by atoms with Crippen molar-refractivity contribution in [2.24, 2.45) is 10.7 Å². The van der Waals surface area contributed by atoms with E-state index in [1.54, 1.807) is 4.90 Å². The lowest BCUT2D eigenvalue weighted by Crippen LogP contribution is -2.53. The molecule has 3 N–H and O–H groups in total. The van der Waals surface area contributed by atoms with Crippen LogP contribution in [0.1, 0.15) is 41.0 Å². The summed E-state index contributed by atoms with van der Waals surface area (Å²) in [4.78, 5) is 29.0. The highest BCUT2D eigenvalue weighted by atomic mass is 16.6. The van der Waals surface area contributed by atoms with Gasteiger partial charge in [-0.25, -0.2) is 4.79 Å². The summed E-state index contributed by atoms with van der Waals surface area (Å²) in [5, 5.41) is 3.17. The van der Waals surface area contributed by atoms with Crippen molar-refractivity contribution in [3.8, 4) is 0 Å². The highest BCUT2D eigenvalue weighted by Crippen LogP contribution is 2.13. The zero-order valence-corrected chi connectivity index (χ0v) is 13.5. The van der Waals surface area contributed by atoms with Gasteiger partial charge in [0.25, 0.3) is 0 Å². The van der Waals surface area contributed by atoms with Gasteiger partial charge in [0.15, 0.2) is 0 Å². The van der Waals surface area contributed by atoms with E-state index in [4.69, 9.17) is 10.5 Å². The monoisotopic (exact) mass is 298 g/mol. The van der Waals surface area contributed by atoms with E-state index in [1.807, 2.05) is 34.6 Å². The minimum absolute atomic E-state index is 0.193. The molecule has 2 amide bonds. The molecular formula is C14H26N4O3. The third kappa shape index (κ3) is 6.46. The first kappa shape index (κ1) is 17.3. The maximum atomic E-state index is 12.0. The SMILES string of the molecule is CC(C)(CC(N)=O)NC1=NCCN(C(=O)OC(C)(C)C)C1. The van der Waals surface area contributed by atoms with Gasteiger partial charge in [-0.05, 0) is 34.6 Å². The molecule has 0 spiro atoms. The minimum Gasteiger partial charge on any atom is -0.444 e. The Morgan fingerprint density at radius 2 is 1.95 bits per heavy atom. The summed E-state index contributed by atoms with van der Waals surface area (Å²) >= 11 is 0. The van der Waals surface area contributed by atoms with E-state index in [-0.39, 0.29) is 18.4 Å². The molecule has 0 unspecified atom stereocenters. The van der Waals surface area contributed by atoms with Crippen LogP contribution in [0.3, 0.4) is 0 Å². The van der Waals surface area contributed by atoms with Gasteiger partial charge in [0.1, 0.15) is 11.4 Å². The summed E-state index contributed by atoms with van der Waals surface area (Å²) in [5.41, 5.74) is 4.20. The predicted octanol–water partition coefficient (Wildman–Crippen LogP) is 0.879. The standard InChI is InChI=1S/C14H26N4O3/c1-13(2,3)21-12(20)18-7-6-16-11(9-18)17-14(4,5)8-10(15)19/h6-9H2,1-5H3,(H2,15,19)(H,16,17). The van der Waals surface area contributed by atoms with Crippen LogP contribution in [0.15, 0.2) is 4.99 Å². The van der Waals surface area contributed by atoms with Crippen molar-refractivity contribution in [2.75, 3.05) is 19.6 Å². The molecule has 1 aliphatic rings. The number of nitrogens with two attached hydrogens (primary N) is 1. The maximum absolute atomic E-state index is 12.0. The van der Waals surface area contributed by atoms with Crippen molar-refractivity contribution in [3.63, 3.8) is 0 Å². The van der Waals surface area contributed by atoms with Crippen LogP contribution >= 0.6 is 0 Å². The molecular weight excluding hydrogens is 272 g/mol. The molecule has 0 saturated carbocycles. The molecule has 0 fully saturated rings. The van der Waals surface area contributed by atoms with Gasteiger partial charge < -0.3 is 15.8 Å². The molecule has 0 atom stereocenters. The van der Waals surface area contributed by atoms with E-state index in [0.29, 0.717) is 25.5 Å². The highest BCUT2D eigenvalue weighted by molar-refractivity contribution is 5.89. The molecule has 21 heavy (non-hydrogen) atoms. The first-order chi connectivity index (χ1) is 9.48. The van der Waals surface area contributed by atoms with Crippen molar-refractivity contribution in [2.45, 2.75) is 52.2 Å². The first-order valence-electron chi connectivity index (χ1n) is 7.06. The van der Waals surface area contributed by atoms with Gasteiger partial charge in [0, 0.05) is 18.5 Å². The summed E-state index contributed by atoms with van der Waals surface area (Å²) < 4.78 is 5.35. The average Bonchev–Trinajstić information content (AvgIpc) is 2.24. The number of nitrogens with one attached hydrogen (secondary N) is 1. The summed E-state index contributed by atoms with van der Waals surface area (Å²) in [6, 6.07) is 0. The Balaban J connectivity index is 2.62. The minimum atomic E-state index is -0.523. The molecule has 0 saturated heterocycles. The van der Waals surface area contributed by atoms with Crippen LogP contribution in [0.4, 0.5) is 4.79 Å². The Kier molecular flexibility index (Phi) is 5.20. The molecule has 0 radical (unpaired) electrons. The fraction of sp³-hybridized carbons (Fsp3) is 0.786. The number of amides is 2. The molecule has 1 heterocycles. The topological polar surface area (TPSA) is 97.0 Å². The molecule has 0 aliphatic carbocycles. The molecule has 7 nitrogen and oxygen atoms in total. The van der Waals surface area contributed by atoms with Crippen molar-refractivity contribution < 1.29 is 14.3 Å². The van der Waals surface area contributed by atoms with Crippen molar-refractivity contribution >= 4 is 17.8 Å². The van der Waals surface area contributed by atoms with E-state index in [9.17, 15) is 9.59 Å². The quantitative estimate of drug-likeness (QED) is 0.808. The van der Waals surface area contributed by atoms with Gasteiger partial charge in [0.05, 0.1) is 13.1 Å². The van der Waals surface area contributed by atoms with Gasteiger partial charge in [0.2, 0.25) is 5.91 Å². The Morgan fingerprint density at radius 3 is 2.48 bits per heavy atom. The van der Waals surface area contributed by atoms with Crippen LogP contribution < -0.4 is 11.1 Å². The van der Waals surface area contributed by atoms with Crippen LogP contribution in [0.5, 0.6) is 0 Å². The fourth-order valence-electron chi connectivity index (χ4n) is 2.05. The molecule has 7 heteroatoms. The fourth-order valence-corrected chi connectivity index (χ4v) is 2.05. The second-order valence-electron chi connectivity index (χ2n) is 6.88. The van der Waals surface area contributed by atoms with Crippen molar-refractivity contribution in [1.82, 2.24) is 10.2 Å². The Morgan fingerprint density at radius 1 is 1.33 bits per heavy atom. The number of primary amides is 1. The molecule has 120 valence electrons. The Hall–Kier alpha value is -1.79. The molecule has 0 aromatic heterocycles. The number of ether oxygens (including phenoxy) is 1. The highest BCUT2D eigenvalue weighted by Gasteiger charge is 2.28. The first-order valence-corrected chi connectivity index (χ1v) is 7.06. The van der Waals surface area contributed by atoms with Crippen LogP contribution in [-0.2, 0) is 9.53 Å². The number of carbonyl (C=O) groups excluding carboxylic acids is 2. The van der Waals surface area contributed by atoms with Gasteiger partial charge in [-0.2, -0.15) is 0 Å². The second kappa shape index (κ2) is 6.32. The zero-order valence-electron chi connectivity index (χ0n) is 13.5. The number of carbonyl (C=O) groups is 2. The van der Waals surface area contributed by atoms with E-state index < -0.39 is 11.1 Å². The third-order valence-corrected chi connectivity index (χ3v) is 2.76.